The second-order valence-corrected chi connectivity index (χ2v) is 8.57. The van der Waals surface area contributed by atoms with Crippen molar-refractivity contribution >= 4 is 0 Å². The molecule has 0 saturated heterocycles. The number of benzene rings is 2. The number of hydrogen-bond acceptors (Lipinski definition) is 1. The third-order valence-electron chi connectivity index (χ3n) is 5.90. The monoisotopic (exact) mass is 630 g/mol. The lowest BCUT2D eigenvalue weighted by Gasteiger charge is -2.43. The Kier molecular flexibility index (Phi) is 8.80. The van der Waals surface area contributed by atoms with Crippen LogP contribution in [0.1, 0.15) is 18.1 Å². The van der Waals surface area contributed by atoms with E-state index in [4.69, 9.17) is 0 Å². The SMILES string of the molecule is COC(CC(F)(F)C(F)(F)C(F)(F)C(F)(F)C(F)(F)C(F)(F)C(F)(F)C(F)(F)F)c1ccc(-c2ccccc2)cc1. The molecule has 1 atom stereocenters. The highest BCUT2D eigenvalue weighted by Gasteiger charge is 2.95. The van der Waals surface area contributed by atoms with Crippen LogP contribution in [0, 0.1) is 0 Å². The Labute approximate surface area is 218 Å². The smallest absolute Gasteiger partial charge is 0.377 e. The number of methoxy groups -OCH3 is 1. The molecule has 0 N–H and O–H groups in total. The van der Waals surface area contributed by atoms with Crippen LogP contribution < -0.4 is 0 Å². The summed E-state index contributed by atoms with van der Waals surface area (Å²) in [7, 11) is 0.546. The molecule has 0 aliphatic carbocycles. The van der Waals surface area contributed by atoms with Crippen molar-refractivity contribution in [3.05, 3.63) is 60.2 Å². The van der Waals surface area contributed by atoms with Gasteiger partial charge in [-0.15, -0.1) is 0 Å². The van der Waals surface area contributed by atoms with E-state index >= 15 is 0 Å². The zero-order valence-electron chi connectivity index (χ0n) is 19.8. The molecule has 0 saturated carbocycles. The highest BCUT2D eigenvalue weighted by molar-refractivity contribution is 5.63. The minimum absolute atomic E-state index is 0.395. The molecule has 1 unspecified atom stereocenters. The molecule has 0 heterocycles. The average Bonchev–Trinajstić information content (AvgIpc) is 2.86. The maximum Gasteiger partial charge on any atom is 0.460 e. The molecule has 2 aromatic carbocycles. The van der Waals surface area contributed by atoms with Gasteiger partial charge in [0.2, 0.25) is 0 Å². The van der Waals surface area contributed by atoms with Crippen LogP contribution in [0.3, 0.4) is 0 Å². The van der Waals surface area contributed by atoms with Gasteiger partial charge in [0, 0.05) is 13.5 Å². The first-order valence-electron chi connectivity index (χ1n) is 10.6. The van der Waals surface area contributed by atoms with Crippen molar-refractivity contribution in [2.45, 2.75) is 60.2 Å². The molecule has 0 bridgehead atoms. The van der Waals surface area contributed by atoms with Gasteiger partial charge in [-0.05, 0) is 16.7 Å². The van der Waals surface area contributed by atoms with E-state index in [0.717, 1.165) is 12.1 Å². The first-order chi connectivity index (χ1) is 18.2. The predicted molar refractivity (Wildman–Crippen MR) is 107 cm³/mol. The zero-order chi connectivity index (χ0) is 32.1. The summed E-state index contributed by atoms with van der Waals surface area (Å²) in [5.41, 5.74) is 0.450. The van der Waals surface area contributed by atoms with Crippen molar-refractivity contribution in [2.24, 2.45) is 0 Å². The number of hydrogen-bond donors (Lipinski definition) is 0. The lowest BCUT2D eigenvalue weighted by atomic mass is 9.87. The fourth-order valence-electron chi connectivity index (χ4n) is 3.42. The molecule has 0 aliphatic rings. The summed E-state index contributed by atoms with van der Waals surface area (Å²) in [4.78, 5) is 0. The maximum absolute atomic E-state index is 14.4. The van der Waals surface area contributed by atoms with Gasteiger partial charge in [-0.25, -0.2) is 0 Å². The van der Waals surface area contributed by atoms with Crippen molar-refractivity contribution in [1.29, 1.82) is 0 Å². The van der Waals surface area contributed by atoms with Crippen LogP contribution in [-0.4, -0.2) is 54.7 Å². The van der Waals surface area contributed by atoms with E-state index in [9.17, 15) is 74.6 Å². The van der Waals surface area contributed by atoms with E-state index in [0.29, 0.717) is 18.2 Å². The van der Waals surface area contributed by atoms with Gasteiger partial charge in [-0.1, -0.05) is 54.6 Å². The fraction of sp³-hybridized carbons (Fsp3) is 0.478. The number of alkyl halides is 17. The van der Waals surface area contributed by atoms with Crippen LogP contribution in [0.4, 0.5) is 74.6 Å². The van der Waals surface area contributed by atoms with Crippen LogP contribution in [-0.2, 0) is 4.74 Å². The molecular weight excluding hydrogens is 615 g/mol. The Bertz CT molecular complexity index is 1170. The summed E-state index contributed by atoms with van der Waals surface area (Å²) < 4.78 is 234. The second-order valence-electron chi connectivity index (χ2n) is 8.57. The molecule has 0 fully saturated rings. The summed E-state index contributed by atoms with van der Waals surface area (Å²) in [6.07, 6.45) is -12.9. The van der Waals surface area contributed by atoms with Crippen LogP contribution in [0.25, 0.3) is 11.1 Å². The van der Waals surface area contributed by atoms with E-state index < -0.39 is 65.7 Å². The van der Waals surface area contributed by atoms with E-state index in [1.54, 1.807) is 30.3 Å². The summed E-state index contributed by atoms with van der Waals surface area (Å²) >= 11 is 0. The Morgan fingerprint density at radius 3 is 1.24 bits per heavy atom. The first kappa shape index (κ1) is 34.4. The molecule has 41 heavy (non-hydrogen) atoms. The molecule has 0 amide bonds. The van der Waals surface area contributed by atoms with Gasteiger partial charge in [0.05, 0.1) is 6.10 Å². The van der Waals surface area contributed by atoms with Gasteiger partial charge >= 0.3 is 47.6 Å². The summed E-state index contributed by atoms with van der Waals surface area (Å²) in [6.45, 7) is 0. The Hall–Kier alpha value is -2.79. The summed E-state index contributed by atoms with van der Waals surface area (Å²) in [6, 6.07) is 12.2. The van der Waals surface area contributed by atoms with Gasteiger partial charge < -0.3 is 4.74 Å². The average molecular weight is 630 g/mol. The molecule has 0 radical (unpaired) electrons. The third kappa shape index (κ3) is 5.31. The van der Waals surface area contributed by atoms with Crippen LogP contribution >= 0.6 is 0 Å². The molecule has 18 heteroatoms. The fourth-order valence-corrected chi connectivity index (χ4v) is 3.42. The number of rotatable bonds is 11. The van der Waals surface area contributed by atoms with E-state index in [2.05, 4.69) is 4.74 Å². The lowest BCUT2D eigenvalue weighted by molar-refractivity contribution is -0.462. The predicted octanol–water partition coefficient (Wildman–Crippen LogP) is 9.44. The zero-order valence-corrected chi connectivity index (χ0v) is 19.8. The van der Waals surface area contributed by atoms with Crippen molar-refractivity contribution in [2.75, 3.05) is 7.11 Å². The van der Waals surface area contributed by atoms with E-state index in [1.807, 2.05) is 0 Å². The largest absolute Gasteiger partial charge is 0.460 e. The number of halogens is 17. The van der Waals surface area contributed by atoms with Gasteiger partial charge in [0.25, 0.3) is 0 Å². The van der Waals surface area contributed by atoms with E-state index in [1.165, 1.54) is 12.1 Å². The van der Waals surface area contributed by atoms with E-state index in [-0.39, 0.29) is 0 Å². The van der Waals surface area contributed by atoms with Crippen molar-refractivity contribution in [1.82, 2.24) is 0 Å². The number of ether oxygens (including phenoxy) is 1. The Morgan fingerprint density at radius 2 is 0.854 bits per heavy atom. The molecule has 232 valence electrons. The molecule has 1 nitrogen and oxygen atoms in total. The van der Waals surface area contributed by atoms with Crippen molar-refractivity contribution in [3.63, 3.8) is 0 Å². The molecule has 2 rings (SSSR count). The Balaban J connectivity index is 2.47. The molecule has 0 spiro atoms. The molecule has 0 aromatic heterocycles. The van der Waals surface area contributed by atoms with Gasteiger partial charge in [0.15, 0.2) is 0 Å². The minimum Gasteiger partial charge on any atom is -0.377 e. The van der Waals surface area contributed by atoms with Crippen LogP contribution in [0.15, 0.2) is 54.6 Å². The van der Waals surface area contributed by atoms with Gasteiger partial charge in [-0.2, -0.15) is 74.6 Å². The summed E-state index contributed by atoms with van der Waals surface area (Å²) in [5, 5.41) is 0. The molecular formula is C23H15F17O. The van der Waals surface area contributed by atoms with Crippen molar-refractivity contribution in [3.8, 4) is 11.1 Å². The van der Waals surface area contributed by atoms with Gasteiger partial charge in [0.1, 0.15) is 0 Å². The normalized spacial score (nSPS) is 15.7. The lowest BCUT2D eigenvalue weighted by Crippen LogP contribution is -2.74. The first-order valence-corrected chi connectivity index (χ1v) is 10.6. The highest BCUT2D eigenvalue weighted by atomic mass is 19.4. The highest BCUT2D eigenvalue weighted by Crippen LogP contribution is 2.64. The Morgan fingerprint density at radius 1 is 0.488 bits per heavy atom. The third-order valence-corrected chi connectivity index (χ3v) is 5.90. The summed E-state index contributed by atoms with van der Waals surface area (Å²) in [5.74, 6) is -56.6. The maximum atomic E-state index is 14.4. The molecule has 0 aliphatic heterocycles. The topological polar surface area (TPSA) is 9.23 Å². The van der Waals surface area contributed by atoms with Crippen molar-refractivity contribution < 1.29 is 79.4 Å². The van der Waals surface area contributed by atoms with Gasteiger partial charge in [-0.3, -0.25) is 0 Å². The quantitative estimate of drug-likeness (QED) is 0.225. The second kappa shape index (κ2) is 10.5. The van der Waals surface area contributed by atoms with Crippen LogP contribution in [0.2, 0.25) is 0 Å². The molecule has 2 aromatic rings. The van der Waals surface area contributed by atoms with Crippen LogP contribution in [0.5, 0.6) is 0 Å². The minimum atomic E-state index is -8.66. The standard InChI is InChI=1S/C23H15F17O/c1-41-15(14-9-7-13(8-10-14)12-5-3-2-4-6-12)11-16(24,25)17(26,27)18(28,29)19(30,31)20(32,33)21(34,35)22(36,37)23(38,39)40/h2-10,15H,11H2,1H3.